The monoisotopic (exact) mass is 521 g/mol. The van der Waals surface area contributed by atoms with Crippen molar-refractivity contribution in [3.63, 3.8) is 0 Å². The molecule has 192 valence electrons. The lowest BCUT2D eigenvalue weighted by molar-refractivity contribution is -0.141. The van der Waals surface area contributed by atoms with E-state index in [1.54, 1.807) is 24.3 Å². The molecule has 0 aliphatic heterocycles. The zero-order chi connectivity index (χ0) is 26.3. The number of carbonyl (C=O) groups excluding carboxylic acids is 1. The average molecular weight is 522 g/mol. The molecule has 0 saturated heterocycles. The fourth-order valence-electron chi connectivity index (χ4n) is 5.27. The third kappa shape index (κ3) is 4.88. The van der Waals surface area contributed by atoms with E-state index in [-0.39, 0.29) is 19.3 Å². The third-order valence-electron chi connectivity index (χ3n) is 7.31. The Morgan fingerprint density at radius 3 is 2.46 bits per heavy atom. The van der Waals surface area contributed by atoms with Gasteiger partial charge < -0.3 is 19.3 Å². The number of amides is 1. The van der Waals surface area contributed by atoms with Crippen molar-refractivity contribution in [2.45, 2.75) is 64.8 Å². The summed E-state index contributed by atoms with van der Waals surface area (Å²) in [5.74, 6) is -0.563. The molecule has 0 radical (unpaired) electrons. The number of carboxylic acid groups (broad SMARTS) is 1. The van der Waals surface area contributed by atoms with E-state index < -0.39 is 23.5 Å². The van der Waals surface area contributed by atoms with Gasteiger partial charge >= 0.3 is 11.6 Å². The highest BCUT2D eigenvalue weighted by Gasteiger charge is 2.24. The van der Waals surface area contributed by atoms with Crippen LogP contribution >= 0.6 is 11.6 Å². The first-order valence-electron chi connectivity index (χ1n) is 12.5. The fourth-order valence-corrected chi connectivity index (χ4v) is 5.39. The number of hydrogen-bond acceptors (Lipinski definition) is 5. The number of benzene rings is 2. The van der Waals surface area contributed by atoms with Crippen LogP contribution < -0.4 is 10.9 Å². The molecule has 1 aliphatic carbocycles. The Labute approximate surface area is 218 Å². The maximum Gasteiger partial charge on any atom is 0.339 e. The molecule has 0 fully saturated rings. The summed E-state index contributed by atoms with van der Waals surface area (Å²) in [6.45, 7) is 3.77. The van der Waals surface area contributed by atoms with Crippen LogP contribution in [0.25, 0.3) is 21.9 Å². The summed E-state index contributed by atoms with van der Waals surface area (Å²) in [5.41, 5.74) is 4.75. The minimum atomic E-state index is -1.13. The van der Waals surface area contributed by atoms with Crippen LogP contribution in [-0.4, -0.2) is 23.0 Å². The quantitative estimate of drug-likeness (QED) is 0.314. The van der Waals surface area contributed by atoms with Gasteiger partial charge in [0.25, 0.3) is 0 Å². The van der Waals surface area contributed by atoms with Gasteiger partial charge in [-0.3, -0.25) is 4.79 Å². The molecule has 5 rings (SSSR count). The van der Waals surface area contributed by atoms with Crippen molar-refractivity contribution in [3.05, 3.63) is 79.4 Å². The van der Waals surface area contributed by atoms with Crippen LogP contribution in [0, 0.1) is 13.8 Å². The predicted molar refractivity (Wildman–Crippen MR) is 141 cm³/mol. The molecule has 0 spiro atoms. The number of halogens is 1. The molecule has 8 heteroatoms. The summed E-state index contributed by atoms with van der Waals surface area (Å²) in [5, 5.41) is 14.6. The molecule has 0 saturated carbocycles. The molecule has 2 heterocycles. The van der Waals surface area contributed by atoms with E-state index in [1.165, 1.54) is 5.56 Å². The smallest absolute Gasteiger partial charge is 0.339 e. The third-order valence-corrected chi connectivity index (χ3v) is 7.56. The number of fused-ring (bicyclic) bond motifs is 4. The van der Waals surface area contributed by atoms with Crippen molar-refractivity contribution in [2.75, 3.05) is 0 Å². The van der Waals surface area contributed by atoms with E-state index in [2.05, 4.69) is 5.32 Å². The zero-order valence-electron chi connectivity index (χ0n) is 20.8. The molecule has 2 aromatic carbocycles. The number of rotatable bonds is 7. The predicted octanol–water partition coefficient (Wildman–Crippen LogP) is 5.43. The van der Waals surface area contributed by atoms with Crippen LogP contribution in [0.15, 0.2) is 44.0 Å². The highest BCUT2D eigenvalue weighted by Crippen LogP contribution is 2.38. The molecule has 4 aromatic rings. The Morgan fingerprint density at radius 2 is 1.73 bits per heavy atom. The van der Waals surface area contributed by atoms with E-state index in [1.807, 2.05) is 19.9 Å². The molecule has 37 heavy (non-hydrogen) atoms. The van der Waals surface area contributed by atoms with Crippen molar-refractivity contribution in [1.82, 2.24) is 5.32 Å². The highest BCUT2D eigenvalue weighted by molar-refractivity contribution is 6.30. The van der Waals surface area contributed by atoms with E-state index in [9.17, 15) is 19.5 Å². The van der Waals surface area contributed by atoms with Gasteiger partial charge in [0.15, 0.2) is 0 Å². The number of carbonyl (C=O) groups is 2. The first-order chi connectivity index (χ1) is 17.7. The normalized spacial score (nSPS) is 14.0. The van der Waals surface area contributed by atoms with Gasteiger partial charge in [-0.05, 0) is 68.9 Å². The molecule has 2 N–H and O–H groups in total. The SMILES string of the molecule is Cc1c(CCC(=O)N[C@@H](Cc2ccc(Cl)cc2)C(=O)O)c(=O)oc2c(C)c3oc4c(c3cc12)CCCC4. The Balaban J connectivity index is 1.38. The second-order valence-electron chi connectivity index (χ2n) is 9.75. The minimum absolute atomic E-state index is 0.0379. The van der Waals surface area contributed by atoms with Crippen LogP contribution in [-0.2, 0) is 35.3 Å². The number of carboxylic acids is 1. The van der Waals surface area contributed by atoms with Crippen molar-refractivity contribution in [3.8, 4) is 0 Å². The number of aliphatic carboxylic acids is 1. The molecular weight excluding hydrogens is 494 g/mol. The minimum Gasteiger partial charge on any atom is -0.480 e. The number of aryl methyl sites for hydroxylation is 4. The molecule has 2 aromatic heterocycles. The van der Waals surface area contributed by atoms with E-state index in [4.69, 9.17) is 20.4 Å². The van der Waals surface area contributed by atoms with Crippen LogP contribution in [0.3, 0.4) is 0 Å². The van der Waals surface area contributed by atoms with Crippen molar-refractivity contribution < 1.29 is 23.5 Å². The Morgan fingerprint density at radius 1 is 1.03 bits per heavy atom. The lowest BCUT2D eigenvalue weighted by Crippen LogP contribution is -2.42. The maximum absolute atomic E-state index is 12.9. The summed E-state index contributed by atoms with van der Waals surface area (Å²) >= 11 is 5.90. The topological polar surface area (TPSA) is 110 Å². The number of nitrogens with one attached hydrogen (secondary N) is 1. The molecule has 1 atom stereocenters. The zero-order valence-corrected chi connectivity index (χ0v) is 21.5. The first kappa shape index (κ1) is 25.1. The summed E-state index contributed by atoms with van der Waals surface area (Å²) in [4.78, 5) is 37.3. The first-order valence-corrected chi connectivity index (χ1v) is 12.9. The van der Waals surface area contributed by atoms with Crippen molar-refractivity contribution in [1.29, 1.82) is 0 Å². The van der Waals surface area contributed by atoms with Gasteiger partial charge in [-0.25, -0.2) is 9.59 Å². The summed E-state index contributed by atoms with van der Waals surface area (Å²) < 4.78 is 11.9. The van der Waals surface area contributed by atoms with Gasteiger partial charge in [0, 0.05) is 51.7 Å². The Kier molecular flexibility index (Phi) is 6.82. The van der Waals surface area contributed by atoms with Crippen LogP contribution in [0.1, 0.15) is 52.8 Å². The van der Waals surface area contributed by atoms with Crippen molar-refractivity contribution in [2.24, 2.45) is 0 Å². The van der Waals surface area contributed by atoms with Gasteiger partial charge in [0.1, 0.15) is 23.0 Å². The second kappa shape index (κ2) is 10.1. The van der Waals surface area contributed by atoms with Crippen LogP contribution in [0.2, 0.25) is 5.02 Å². The van der Waals surface area contributed by atoms with Gasteiger partial charge in [-0.1, -0.05) is 23.7 Å². The molecule has 0 unspecified atom stereocenters. The maximum atomic E-state index is 12.9. The van der Waals surface area contributed by atoms with E-state index in [0.29, 0.717) is 16.2 Å². The fraction of sp³-hybridized carbons (Fsp3) is 0.345. The standard InChI is InChI=1S/C29H28ClNO6/c1-15-19(11-12-25(32)31-23(28(33)34)13-17-7-9-18(30)10-8-17)29(35)37-26-16(2)27-22(14-21(15)26)20-5-3-4-6-24(20)36-27/h7-10,14,23H,3-6,11-13H2,1-2H3,(H,31,32)(H,33,34)/t23-/m0/s1. The highest BCUT2D eigenvalue weighted by atomic mass is 35.5. The van der Waals surface area contributed by atoms with Crippen LogP contribution in [0.5, 0.6) is 0 Å². The molecular formula is C29H28ClNO6. The summed E-state index contributed by atoms with van der Waals surface area (Å²) in [6, 6.07) is 7.75. The Hall–Kier alpha value is -3.58. The number of furan rings is 1. The van der Waals surface area contributed by atoms with Gasteiger partial charge in [0.05, 0.1) is 0 Å². The van der Waals surface area contributed by atoms with Gasteiger partial charge in [-0.15, -0.1) is 0 Å². The molecule has 0 bridgehead atoms. The average Bonchev–Trinajstić information content (AvgIpc) is 3.25. The largest absolute Gasteiger partial charge is 0.480 e. The van der Waals surface area contributed by atoms with E-state index >= 15 is 0 Å². The molecule has 1 aliphatic rings. The Bertz CT molecular complexity index is 1580. The summed E-state index contributed by atoms with van der Waals surface area (Å²) in [6.07, 6.45) is 4.34. The van der Waals surface area contributed by atoms with Gasteiger partial charge in [-0.2, -0.15) is 0 Å². The number of hydrogen-bond donors (Lipinski definition) is 2. The second-order valence-corrected chi connectivity index (χ2v) is 10.2. The lowest BCUT2D eigenvalue weighted by Gasteiger charge is -2.15. The lowest BCUT2D eigenvalue weighted by atomic mass is 9.93. The summed E-state index contributed by atoms with van der Waals surface area (Å²) in [7, 11) is 0. The van der Waals surface area contributed by atoms with Crippen molar-refractivity contribution >= 4 is 45.4 Å². The molecule has 7 nitrogen and oxygen atoms in total. The molecule has 1 amide bonds. The van der Waals surface area contributed by atoms with Gasteiger partial charge in [0.2, 0.25) is 5.91 Å². The van der Waals surface area contributed by atoms with E-state index in [0.717, 1.165) is 64.5 Å². The van der Waals surface area contributed by atoms with Crippen LogP contribution in [0.4, 0.5) is 0 Å².